The van der Waals surface area contributed by atoms with Crippen LogP contribution in [0.25, 0.3) is 0 Å². The highest BCUT2D eigenvalue weighted by molar-refractivity contribution is 5.95. The quantitative estimate of drug-likeness (QED) is 0.836. The lowest BCUT2D eigenvalue weighted by Crippen LogP contribution is -2.38. The van der Waals surface area contributed by atoms with Gasteiger partial charge in [-0.05, 0) is 50.5 Å². The van der Waals surface area contributed by atoms with Gasteiger partial charge >= 0.3 is 0 Å². The molecule has 3 N–H and O–H groups in total. The van der Waals surface area contributed by atoms with Crippen molar-refractivity contribution in [1.29, 1.82) is 0 Å². The summed E-state index contributed by atoms with van der Waals surface area (Å²) in [5.74, 6) is -1.81. The predicted octanol–water partition coefficient (Wildman–Crippen LogP) is 2.01. The standard InChI is InChI=1S/C15H21F2N3O/c1-2-20-5-3-10(4-6-20)9-19-15(21)12-7-11(16)8-13(18)14(12)17/h7-8,10H,2-6,9,18H2,1H3,(H,19,21). The number of carbonyl (C=O) groups is 1. The number of anilines is 1. The highest BCUT2D eigenvalue weighted by Gasteiger charge is 2.20. The van der Waals surface area contributed by atoms with Crippen LogP contribution in [0.5, 0.6) is 0 Å². The fourth-order valence-corrected chi connectivity index (χ4v) is 2.61. The van der Waals surface area contributed by atoms with E-state index >= 15 is 0 Å². The molecule has 1 aliphatic rings. The van der Waals surface area contributed by atoms with Crippen LogP contribution in [0, 0.1) is 17.6 Å². The molecule has 2 rings (SSSR count). The van der Waals surface area contributed by atoms with Crippen molar-refractivity contribution in [1.82, 2.24) is 10.2 Å². The number of benzene rings is 1. The molecule has 4 nitrogen and oxygen atoms in total. The van der Waals surface area contributed by atoms with Gasteiger partial charge in [0.05, 0.1) is 11.3 Å². The normalized spacial score (nSPS) is 16.9. The minimum absolute atomic E-state index is 0.335. The Morgan fingerprint density at radius 3 is 2.67 bits per heavy atom. The van der Waals surface area contributed by atoms with Gasteiger partial charge in [0, 0.05) is 6.54 Å². The number of hydrogen-bond acceptors (Lipinski definition) is 3. The summed E-state index contributed by atoms with van der Waals surface area (Å²) >= 11 is 0. The fourth-order valence-electron chi connectivity index (χ4n) is 2.61. The molecule has 0 bridgehead atoms. The Morgan fingerprint density at radius 2 is 2.05 bits per heavy atom. The third kappa shape index (κ3) is 3.91. The average Bonchev–Trinajstić information content (AvgIpc) is 2.49. The molecule has 0 atom stereocenters. The molecule has 6 heteroatoms. The summed E-state index contributed by atoms with van der Waals surface area (Å²) in [4.78, 5) is 14.3. The van der Waals surface area contributed by atoms with Crippen LogP contribution in [0.15, 0.2) is 12.1 Å². The lowest BCUT2D eigenvalue weighted by Gasteiger charge is -2.31. The summed E-state index contributed by atoms with van der Waals surface area (Å²) in [5, 5.41) is 2.68. The highest BCUT2D eigenvalue weighted by atomic mass is 19.1. The molecule has 0 aromatic heterocycles. The van der Waals surface area contributed by atoms with E-state index in [0.717, 1.165) is 44.6 Å². The summed E-state index contributed by atoms with van der Waals surface area (Å²) in [6.07, 6.45) is 2.00. The lowest BCUT2D eigenvalue weighted by molar-refractivity contribution is 0.0932. The van der Waals surface area contributed by atoms with Crippen molar-refractivity contribution in [3.63, 3.8) is 0 Å². The number of amides is 1. The number of hydrogen-bond donors (Lipinski definition) is 2. The monoisotopic (exact) mass is 297 g/mol. The summed E-state index contributed by atoms with van der Waals surface area (Å²) in [7, 11) is 0. The average molecular weight is 297 g/mol. The first-order valence-corrected chi connectivity index (χ1v) is 7.26. The van der Waals surface area contributed by atoms with E-state index in [-0.39, 0.29) is 11.3 Å². The Kier molecular flexibility index (Phi) is 5.12. The number of nitrogens with zero attached hydrogens (tertiary/aromatic N) is 1. The second kappa shape index (κ2) is 6.85. The topological polar surface area (TPSA) is 58.4 Å². The molecule has 1 amide bonds. The van der Waals surface area contributed by atoms with Gasteiger partial charge in [-0.3, -0.25) is 4.79 Å². The zero-order valence-corrected chi connectivity index (χ0v) is 12.2. The van der Waals surface area contributed by atoms with Crippen LogP contribution in [0.3, 0.4) is 0 Å². The number of piperidine rings is 1. The van der Waals surface area contributed by atoms with Gasteiger partial charge in [0.2, 0.25) is 0 Å². The predicted molar refractivity (Wildman–Crippen MR) is 77.9 cm³/mol. The molecule has 21 heavy (non-hydrogen) atoms. The Balaban J connectivity index is 1.91. The summed E-state index contributed by atoms with van der Waals surface area (Å²) < 4.78 is 26.9. The zero-order valence-electron chi connectivity index (χ0n) is 12.2. The number of halogens is 2. The molecular weight excluding hydrogens is 276 g/mol. The molecule has 0 radical (unpaired) electrons. The second-order valence-electron chi connectivity index (χ2n) is 5.44. The molecule has 0 saturated carbocycles. The maximum Gasteiger partial charge on any atom is 0.254 e. The number of nitrogens with two attached hydrogens (primary N) is 1. The number of nitrogen functional groups attached to an aromatic ring is 1. The first kappa shape index (κ1) is 15.7. The Labute approximate surface area is 123 Å². The van der Waals surface area contributed by atoms with Crippen molar-refractivity contribution in [2.45, 2.75) is 19.8 Å². The molecule has 116 valence electrons. The molecule has 0 aliphatic carbocycles. The van der Waals surface area contributed by atoms with Crippen LogP contribution in [0.1, 0.15) is 30.1 Å². The number of rotatable bonds is 4. The zero-order chi connectivity index (χ0) is 15.4. The van der Waals surface area contributed by atoms with Crippen molar-refractivity contribution < 1.29 is 13.6 Å². The maximum absolute atomic E-state index is 13.7. The van der Waals surface area contributed by atoms with Gasteiger partial charge in [-0.2, -0.15) is 0 Å². The molecule has 1 aromatic carbocycles. The number of likely N-dealkylation sites (tertiary alicyclic amines) is 1. The van der Waals surface area contributed by atoms with Crippen LogP contribution < -0.4 is 11.1 Å². The van der Waals surface area contributed by atoms with E-state index in [9.17, 15) is 13.6 Å². The van der Waals surface area contributed by atoms with Crippen molar-refractivity contribution in [3.05, 3.63) is 29.3 Å². The minimum Gasteiger partial charge on any atom is -0.396 e. The van der Waals surface area contributed by atoms with Gasteiger partial charge in [-0.1, -0.05) is 6.92 Å². The maximum atomic E-state index is 13.7. The first-order chi connectivity index (χ1) is 10.0. The van der Waals surface area contributed by atoms with E-state index in [0.29, 0.717) is 12.5 Å². The van der Waals surface area contributed by atoms with Crippen LogP contribution >= 0.6 is 0 Å². The van der Waals surface area contributed by atoms with Gasteiger partial charge in [0.1, 0.15) is 5.82 Å². The van der Waals surface area contributed by atoms with Crippen LogP contribution in [0.2, 0.25) is 0 Å². The summed E-state index contributed by atoms with van der Waals surface area (Å²) in [6.45, 7) is 5.66. The van der Waals surface area contributed by atoms with Crippen LogP contribution in [0.4, 0.5) is 14.5 Å². The van der Waals surface area contributed by atoms with Gasteiger partial charge in [0.15, 0.2) is 5.82 Å². The number of carbonyl (C=O) groups excluding carboxylic acids is 1. The lowest BCUT2D eigenvalue weighted by atomic mass is 9.96. The number of nitrogens with one attached hydrogen (secondary N) is 1. The molecule has 1 fully saturated rings. The van der Waals surface area contributed by atoms with E-state index in [1.807, 2.05) is 0 Å². The molecule has 1 aromatic rings. The Morgan fingerprint density at radius 1 is 1.38 bits per heavy atom. The second-order valence-corrected chi connectivity index (χ2v) is 5.44. The van der Waals surface area contributed by atoms with Crippen molar-refractivity contribution in [2.24, 2.45) is 5.92 Å². The van der Waals surface area contributed by atoms with E-state index in [4.69, 9.17) is 5.73 Å². The van der Waals surface area contributed by atoms with E-state index in [1.165, 1.54) is 0 Å². The summed E-state index contributed by atoms with van der Waals surface area (Å²) in [6, 6.07) is 1.74. The van der Waals surface area contributed by atoms with Gasteiger partial charge in [-0.25, -0.2) is 8.78 Å². The molecule has 1 saturated heterocycles. The molecule has 1 heterocycles. The van der Waals surface area contributed by atoms with Gasteiger partial charge < -0.3 is 16.0 Å². The van der Waals surface area contributed by atoms with Crippen molar-refractivity contribution >= 4 is 11.6 Å². The van der Waals surface area contributed by atoms with E-state index in [1.54, 1.807) is 0 Å². The SMILES string of the molecule is CCN1CCC(CNC(=O)c2cc(F)cc(N)c2F)CC1. The van der Waals surface area contributed by atoms with E-state index in [2.05, 4.69) is 17.1 Å². The van der Waals surface area contributed by atoms with Gasteiger partial charge in [0.25, 0.3) is 5.91 Å². The minimum atomic E-state index is -0.866. The van der Waals surface area contributed by atoms with Crippen molar-refractivity contribution in [3.8, 4) is 0 Å². The molecule has 0 spiro atoms. The Hall–Kier alpha value is -1.69. The van der Waals surface area contributed by atoms with Crippen LogP contribution in [-0.4, -0.2) is 37.0 Å². The molecule has 0 unspecified atom stereocenters. The Bertz CT molecular complexity index is 514. The van der Waals surface area contributed by atoms with Crippen molar-refractivity contribution in [2.75, 3.05) is 31.9 Å². The third-order valence-electron chi connectivity index (χ3n) is 4.02. The highest BCUT2D eigenvalue weighted by Crippen LogP contribution is 2.19. The van der Waals surface area contributed by atoms with Gasteiger partial charge in [-0.15, -0.1) is 0 Å². The third-order valence-corrected chi connectivity index (χ3v) is 4.02. The molecule has 1 aliphatic heterocycles. The van der Waals surface area contributed by atoms with E-state index < -0.39 is 17.5 Å². The summed E-state index contributed by atoms with van der Waals surface area (Å²) in [5.41, 5.74) is 4.64. The van der Waals surface area contributed by atoms with Crippen LogP contribution in [-0.2, 0) is 0 Å². The largest absolute Gasteiger partial charge is 0.396 e. The smallest absolute Gasteiger partial charge is 0.254 e. The first-order valence-electron chi connectivity index (χ1n) is 7.26. The fraction of sp³-hybridized carbons (Fsp3) is 0.533. The molecular formula is C15H21F2N3O.